The molecule has 0 fully saturated rings. The van der Waals surface area contributed by atoms with Crippen molar-refractivity contribution in [1.82, 2.24) is 15.4 Å². The van der Waals surface area contributed by atoms with E-state index in [1.807, 2.05) is 0 Å². The van der Waals surface area contributed by atoms with Gasteiger partial charge in [0.1, 0.15) is 0 Å². The smallest absolute Gasteiger partial charge is 0.335 e. The second-order valence-electron chi connectivity index (χ2n) is 3.01. The molecule has 0 amide bonds. The number of carbonyl (C=O) groups is 1. The number of nitrogens with one attached hydrogen (secondary N) is 1. The van der Waals surface area contributed by atoms with Gasteiger partial charge < -0.3 is 10.4 Å². The van der Waals surface area contributed by atoms with E-state index in [9.17, 15) is 4.79 Å². The standard InChI is InChI=1S/C10H8N4O2/c15-10(16)7-1-3-8(4-2-7)12-9-5-6-11-14-13-9/h1-6H,(H,15,16)(H,11,12,13). The van der Waals surface area contributed by atoms with Crippen LogP contribution in [0.2, 0.25) is 0 Å². The van der Waals surface area contributed by atoms with Crippen molar-refractivity contribution >= 4 is 17.5 Å². The predicted molar refractivity (Wildman–Crippen MR) is 56.5 cm³/mol. The lowest BCUT2D eigenvalue weighted by Crippen LogP contribution is -1.98. The molecular formula is C10H8N4O2. The van der Waals surface area contributed by atoms with Crippen molar-refractivity contribution in [2.45, 2.75) is 0 Å². The molecule has 0 aliphatic carbocycles. The number of aromatic carboxylic acids is 1. The number of hydrogen-bond donors (Lipinski definition) is 2. The maximum absolute atomic E-state index is 10.6. The van der Waals surface area contributed by atoms with E-state index < -0.39 is 5.97 Å². The molecule has 0 spiro atoms. The molecule has 0 unspecified atom stereocenters. The van der Waals surface area contributed by atoms with Gasteiger partial charge in [-0.1, -0.05) is 0 Å². The molecule has 1 aromatic carbocycles. The van der Waals surface area contributed by atoms with Gasteiger partial charge in [0.15, 0.2) is 5.82 Å². The van der Waals surface area contributed by atoms with E-state index in [2.05, 4.69) is 20.7 Å². The highest BCUT2D eigenvalue weighted by Crippen LogP contribution is 2.13. The Hall–Kier alpha value is -2.50. The summed E-state index contributed by atoms with van der Waals surface area (Å²) in [5.41, 5.74) is 0.983. The second-order valence-corrected chi connectivity index (χ2v) is 3.01. The molecule has 0 bridgehead atoms. The van der Waals surface area contributed by atoms with Gasteiger partial charge in [0.25, 0.3) is 0 Å². The Morgan fingerprint density at radius 1 is 1.19 bits per heavy atom. The van der Waals surface area contributed by atoms with Crippen LogP contribution in [0.1, 0.15) is 10.4 Å². The summed E-state index contributed by atoms with van der Waals surface area (Å²) in [6.45, 7) is 0. The molecule has 0 radical (unpaired) electrons. The van der Waals surface area contributed by atoms with Gasteiger partial charge in [0.2, 0.25) is 0 Å². The van der Waals surface area contributed by atoms with Crippen LogP contribution in [0, 0.1) is 0 Å². The first-order valence-electron chi connectivity index (χ1n) is 4.50. The minimum atomic E-state index is -0.949. The zero-order valence-corrected chi connectivity index (χ0v) is 8.16. The lowest BCUT2D eigenvalue weighted by Gasteiger charge is -2.03. The molecule has 6 heteroatoms. The van der Waals surface area contributed by atoms with Crippen LogP contribution in [0.4, 0.5) is 11.5 Å². The van der Waals surface area contributed by atoms with Crippen LogP contribution in [-0.4, -0.2) is 26.5 Å². The molecule has 0 saturated heterocycles. The van der Waals surface area contributed by atoms with Crippen molar-refractivity contribution in [1.29, 1.82) is 0 Å². The Labute approximate surface area is 91.0 Å². The third kappa shape index (κ3) is 2.30. The van der Waals surface area contributed by atoms with Crippen molar-refractivity contribution in [3.05, 3.63) is 42.1 Å². The maximum atomic E-state index is 10.6. The van der Waals surface area contributed by atoms with E-state index >= 15 is 0 Å². The molecule has 2 aromatic rings. The highest BCUT2D eigenvalue weighted by atomic mass is 16.4. The first kappa shape index (κ1) is 10.0. The lowest BCUT2D eigenvalue weighted by molar-refractivity contribution is 0.0697. The van der Waals surface area contributed by atoms with Gasteiger partial charge in [0, 0.05) is 11.8 Å². The number of benzene rings is 1. The van der Waals surface area contributed by atoms with Crippen molar-refractivity contribution in [3.63, 3.8) is 0 Å². The molecule has 2 N–H and O–H groups in total. The zero-order valence-electron chi connectivity index (χ0n) is 8.16. The monoisotopic (exact) mass is 216 g/mol. The molecule has 2 rings (SSSR count). The Bertz CT molecular complexity index is 484. The molecular weight excluding hydrogens is 208 g/mol. The van der Waals surface area contributed by atoms with Crippen LogP contribution in [-0.2, 0) is 0 Å². The summed E-state index contributed by atoms with van der Waals surface area (Å²) < 4.78 is 0. The van der Waals surface area contributed by atoms with Gasteiger partial charge in [-0.25, -0.2) is 4.79 Å². The van der Waals surface area contributed by atoms with Gasteiger partial charge in [-0.2, -0.15) is 0 Å². The zero-order chi connectivity index (χ0) is 11.4. The molecule has 80 valence electrons. The normalized spacial score (nSPS) is 9.75. The van der Waals surface area contributed by atoms with Gasteiger partial charge in [-0.15, -0.1) is 10.2 Å². The fourth-order valence-electron chi connectivity index (χ4n) is 1.15. The first-order chi connectivity index (χ1) is 7.75. The fraction of sp³-hybridized carbons (Fsp3) is 0. The van der Waals surface area contributed by atoms with Gasteiger partial charge in [-0.05, 0) is 29.5 Å². The summed E-state index contributed by atoms with van der Waals surface area (Å²) in [4.78, 5) is 10.6. The van der Waals surface area contributed by atoms with Crippen LogP contribution >= 0.6 is 0 Å². The number of carboxylic acid groups (broad SMARTS) is 1. The van der Waals surface area contributed by atoms with E-state index in [0.29, 0.717) is 5.82 Å². The van der Waals surface area contributed by atoms with E-state index in [0.717, 1.165) is 5.69 Å². The van der Waals surface area contributed by atoms with E-state index in [1.165, 1.54) is 18.3 Å². The van der Waals surface area contributed by atoms with Gasteiger partial charge >= 0.3 is 5.97 Å². The van der Waals surface area contributed by atoms with Gasteiger partial charge in [0.05, 0.1) is 11.8 Å². The van der Waals surface area contributed by atoms with Crippen LogP contribution in [0.15, 0.2) is 36.5 Å². The van der Waals surface area contributed by atoms with E-state index in [4.69, 9.17) is 5.11 Å². The first-order valence-corrected chi connectivity index (χ1v) is 4.50. The molecule has 1 aromatic heterocycles. The Balaban J connectivity index is 2.14. The topological polar surface area (TPSA) is 88.0 Å². The summed E-state index contributed by atoms with van der Waals surface area (Å²) in [6, 6.07) is 8.01. The predicted octanol–water partition coefficient (Wildman–Crippen LogP) is 1.31. The van der Waals surface area contributed by atoms with Crippen molar-refractivity contribution in [3.8, 4) is 0 Å². The molecule has 0 atom stereocenters. The lowest BCUT2D eigenvalue weighted by atomic mass is 10.2. The van der Waals surface area contributed by atoms with Crippen LogP contribution in [0.25, 0.3) is 0 Å². The summed E-state index contributed by atoms with van der Waals surface area (Å²) >= 11 is 0. The maximum Gasteiger partial charge on any atom is 0.335 e. The number of nitrogens with zero attached hydrogens (tertiary/aromatic N) is 3. The quantitative estimate of drug-likeness (QED) is 0.804. The van der Waals surface area contributed by atoms with Gasteiger partial charge in [-0.3, -0.25) is 0 Å². The van der Waals surface area contributed by atoms with Crippen LogP contribution < -0.4 is 5.32 Å². The number of aromatic nitrogens is 3. The van der Waals surface area contributed by atoms with Crippen LogP contribution in [0.3, 0.4) is 0 Å². The number of rotatable bonds is 3. The summed E-state index contributed by atoms with van der Waals surface area (Å²) in [6.07, 6.45) is 1.51. The second kappa shape index (κ2) is 4.35. The third-order valence-corrected chi connectivity index (χ3v) is 1.91. The molecule has 0 saturated carbocycles. The summed E-state index contributed by atoms with van der Waals surface area (Å²) in [7, 11) is 0. The number of hydrogen-bond acceptors (Lipinski definition) is 5. The molecule has 0 aliphatic rings. The summed E-state index contributed by atoms with van der Waals surface area (Å²) in [5.74, 6) is -0.395. The molecule has 6 nitrogen and oxygen atoms in total. The summed E-state index contributed by atoms with van der Waals surface area (Å²) in [5, 5.41) is 22.4. The number of carboxylic acids is 1. The fourth-order valence-corrected chi connectivity index (χ4v) is 1.15. The third-order valence-electron chi connectivity index (χ3n) is 1.91. The molecule has 1 heterocycles. The van der Waals surface area contributed by atoms with Crippen LogP contribution in [0.5, 0.6) is 0 Å². The molecule has 0 aliphatic heterocycles. The van der Waals surface area contributed by atoms with E-state index in [-0.39, 0.29) is 5.56 Å². The largest absolute Gasteiger partial charge is 0.478 e. The average molecular weight is 216 g/mol. The average Bonchev–Trinajstić information content (AvgIpc) is 2.31. The highest BCUT2D eigenvalue weighted by Gasteiger charge is 2.01. The minimum Gasteiger partial charge on any atom is -0.478 e. The number of anilines is 2. The van der Waals surface area contributed by atoms with Crippen molar-refractivity contribution in [2.24, 2.45) is 0 Å². The Morgan fingerprint density at radius 3 is 2.50 bits per heavy atom. The minimum absolute atomic E-state index is 0.242. The Morgan fingerprint density at radius 2 is 1.94 bits per heavy atom. The highest BCUT2D eigenvalue weighted by molar-refractivity contribution is 5.88. The molecule has 16 heavy (non-hydrogen) atoms. The Kier molecular flexibility index (Phi) is 2.73. The van der Waals surface area contributed by atoms with E-state index in [1.54, 1.807) is 18.2 Å². The van der Waals surface area contributed by atoms with Crippen molar-refractivity contribution in [2.75, 3.05) is 5.32 Å². The SMILES string of the molecule is O=C(O)c1ccc(Nc2ccnnn2)cc1. The van der Waals surface area contributed by atoms with Crippen molar-refractivity contribution < 1.29 is 9.90 Å².